The highest BCUT2D eigenvalue weighted by Gasteiger charge is 2.37. The highest BCUT2D eigenvalue weighted by atomic mass is 16.6. The fourth-order valence-corrected chi connectivity index (χ4v) is 2.98. The minimum atomic E-state index is -0.558. The van der Waals surface area contributed by atoms with Gasteiger partial charge < -0.3 is 0 Å². The van der Waals surface area contributed by atoms with Gasteiger partial charge in [0.15, 0.2) is 5.78 Å². The second kappa shape index (κ2) is 6.51. The molecule has 0 bridgehead atoms. The molecule has 2 amide bonds. The Kier molecular flexibility index (Phi) is 4.00. The van der Waals surface area contributed by atoms with E-state index in [1.54, 1.807) is 18.2 Å². The number of nitro groups is 1. The van der Waals surface area contributed by atoms with Crippen molar-refractivity contribution >= 4 is 29.1 Å². The number of nitrogens with zero attached hydrogens (tertiary/aromatic N) is 3. The molecule has 1 aromatic heterocycles. The number of amides is 2. The topological polar surface area (TPSA) is 110 Å². The van der Waals surface area contributed by atoms with Crippen LogP contribution in [0.1, 0.15) is 36.6 Å². The minimum Gasteiger partial charge on any atom is -0.289 e. The maximum atomic E-state index is 12.7. The molecule has 0 spiro atoms. The first-order valence-electron chi connectivity index (χ1n) is 8.20. The van der Waals surface area contributed by atoms with Gasteiger partial charge in [-0.25, -0.2) is 9.88 Å². The molecule has 3 aromatic rings. The lowest BCUT2D eigenvalue weighted by Gasteiger charge is -2.11. The third kappa shape index (κ3) is 2.73. The number of non-ortho nitro benzene ring substituents is 1. The van der Waals surface area contributed by atoms with E-state index in [1.165, 1.54) is 48.7 Å². The van der Waals surface area contributed by atoms with Crippen LogP contribution in [0.15, 0.2) is 66.9 Å². The van der Waals surface area contributed by atoms with Crippen molar-refractivity contribution in [3.63, 3.8) is 0 Å². The van der Waals surface area contributed by atoms with Crippen molar-refractivity contribution in [2.24, 2.45) is 0 Å². The SMILES string of the molecule is O=C(c1ccc([N+](=O)[O-])cc1)c1ccc2c(c1)C(=O)N(c1ccccn1)C2=O. The van der Waals surface area contributed by atoms with Gasteiger partial charge in [0.2, 0.25) is 0 Å². The zero-order chi connectivity index (χ0) is 19.8. The second-order valence-corrected chi connectivity index (χ2v) is 6.03. The van der Waals surface area contributed by atoms with Gasteiger partial charge in [-0.2, -0.15) is 0 Å². The maximum absolute atomic E-state index is 12.7. The predicted molar refractivity (Wildman–Crippen MR) is 98.3 cm³/mol. The summed E-state index contributed by atoms with van der Waals surface area (Å²) in [6.45, 7) is 0. The Hall–Kier alpha value is -4.20. The number of ketones is 1. The third-order valence-electron chi connectivity index (χ3n) is 4.37. The van der Waals surface area contributed by atoms with E-state index < -0.39 is 22.5 Å². The lowest BCUT2D eigenvalue weighted by molar-refractivity contribution is -0.384. The second-order valence-electron chi connectivity index (χ2n) is 6.03. The van der Waals surface area contributed by atoms with Crippen LogP contribution in [0.25, 0.3) is 0 Å². The smallest absolute Gasteiger partial charge is 0.269 e. The number of carbonyl (C=O) groups excluding carboxylic acids is 3. The predicted octanol–water partition coefficient (Wildman–Crippen LogP) is 3.02. The number of aromatic nitrogens is 1. The zero-order valence-corrected chi connectivity index (χ0v) is 14.2. The normalized spacial score (nSPS) is 12.8. The number of rotatable bonds is 4. The molecule has 0 fully saturated rings. The Morgan fingerprint density at radius 3 is 2.21 bits per heavy atom. The molecule has 0 unspecified atom stereocenters. The minimum absolute atomic E-state index is 0.114. The Balaban J connectivity index is 1.68. The van der Waals surface area contributed by atoms with Crippen LogP contribution in [0.4, 0.5) is 11.5 Å². The van der Waals surface area contributed by atoms with Crippen molar-refractivity contribution in [2.75, 3.05) is 4.90 Å². The molecule has 0 saturated carbocycles. The Morgan fingerprint density at radius 1 is 0.893 bits per heavy atom. The molecule has 28 heavy (non-hydrogen) atoms. The van der Waals surface area contributed by atoms with Gasteiger partial charge in [0.25, 0.3) is 17.5 Å². The van der Waals surface area contributed by atoms with Gasteiger partial charge in [-0.15, -0.1) is 0 Å². The quantitative estimate of drug-likeness (QED) is 0.301. The van der Waals surface area contributed by atoms with E-state index in [1.807, 2.05) is 0 Å². The van der Waals surface area contributed by atoms with Crippen LogP contribution in [0.3, 0.4) is 0 Å². The molecule has 0 atom stereocenters. The Labute approximate surface area is 158 Å². The van der Waals surface area contributed by atoms with E-state index in [4.69, 9.17) is 0 Å². The van der Waals surface area contributed by atoms with E-state index in [2.05, 4.69) is 4.98 Å². The van der Waals surface area contributed by atoms with Crippen LogP contribution in [0, 0.1) is 10.1 Å². The standard InChI is InChI=1S/C20H11N3O5/c24-18(12-4-7-14(8-5-12)23(27)28)13-6-9-15-16(11-13)20(26)22(19(15)25)17-3-1-2-10-21-17/h1-11H. The van der Waals surface area contributed by atoms with Gasteiger partial charge in [-0.1, -0.05) is 12.1 Å². The van der Waals surface area contributed by atoms with Crippen molar-refractivity contribution in [3.8, 4) is 0 Å². The average Bonchev–Trinajstić information content (AvgIpc) is 2.98. The van der Waals surface area contributed by atoms with Crippen LogP contribution in [0.5, 0.6) is 0 Å². The summed E-state index contributed by atoms with van der Waals surface area (Å²) in [6.07, 6.45) is 1.47. The van der Waals surface area contributed by atoms with E-state index in [0.29, 0.717) is 0 Å². The van der Waals surface area contributed by atoms with Gasteiger partial charge in [-0.05, 0) is 36.4 Å². The first-order valence-corrected chi connectivity index (χ1v) is 8.20. The van der Waals surface area contributed by atoms with Gasteiger partial charge >= 0.3 is 0 Å². The first-order chi connectivity index (χ1) is 13.5. The number of benzene rings is 2. The Bertz CT molecular complexity index is 1140. The van der Waals surface area contributed by atoms with Crippen LogP contribution in [-0.2, 0) is 0 Å². The summed E-state index contributed by atoms with van der Waals surface area (Å²) in [7, 11) is 0. The monoisotopic (exact) mass is 373 g/mol. The Morgan fingerprint density at radius 2 is 1.57 bits per heavy atom. The van der Waals surface area contributed by atoms with Crippen LogP contribution in [0.2, 0.25) is 0 Å². The lowest BCUT2D eigenvalue weighted by atomic mass is 9.99. The van der Waals surface area contributed by atoms with Crippen molar-refractivity contribution in [3.05, 3.63) is 99.2 Å². The molecule has 1 aliphatic rings. The molecule has 0 aliphatic carbocycles. The zero-order valence-electron chi connectivity index (χ0n) is 14.2. The van der Waals surface area contributed by atoms with Crippen molar-refractivity contribution < 1.29 is 19.3 Å². The summed E-state index contributed by atoms with van der Waals surface area (Å²) in [5.74, 6) is -1.27. The summed E-state index contributed by atoms with van der Waals surface area (Å²) >= 11 is 0. The molecular weight excluding hydrogens is 362 g/mol. The number of imide groups is 1. The number of carbonyl (C=O) groups is 3. The third-order valence-corrected chi connectivity index (χ3v) is 4.37. The van der Waals surface area contributed by atoms with Gasteiger partial charge in [-0.3, -0.25) is 24.5 Å². The van der Waals surface area contributed by atoms with Crippen molar-refractivity contribution in [2.45, 2.75) is 0 Å². The number of nitro benzene ring substituents is 1. The van der Waals surface area contributed by atoms with Crippen molar-refractivity contribution in [1.29, 1.82) is 0 Å². The number of anilines is 1. The molecule has 0 saturated heterocycles. The number of fused-ring (bicyclic) bond motifs is 1. The van der Waals surface area contributed by atoms with Gasteiger partial charge in [0.1, 0.15) is 5.82 Å². The highest BCUT2D eigenvalue weighted by molar-refractivity contribution is 6.34. The molecule has 1 aliphatic heterocycles. The number of pyridine rings is 1. The molecule has 136 valence electrons. The summed E-state index contributed by atoms with van der Waals surface area (Å²) in [4.78, 5) is 53.1. The highest BCUT2D eigenvalue weighted by Crippen LogP contribution is 2.28. The molecule has 0 radical (unpaired) electrons. The van der Waals surface area contributed by atoms with Crippen LogP contribution in [-0.4, -0.2) is 27.5 Å². The van der Waals surface area contributed by atoms with Crippen LogP contribution < -0.4 is 4.90 Å². The molecule has 0 N–H and O–H groups in total. The summed E-state index contributed by atoms with van der Waals surface area (Å²) in [5, 5.41) is 10.7. The molecule has 8 heteroatoms. The van der Waals surface area contributed by atoms with Gasteiger partial charge in [0.05, 0.1) is 16.1 Å². The summed E-state index contributed by atoms with van der Waals surface area (Å²) < 4.78 is 0. The molecular formula is C20H11N3O5. The van der Waals surface area contributed by atoms with Crippen molar-refractivity contribution in [1.82, 2.24) is 4.98 Å². The molecule has 4 rings (SSSR count). The largest absolute Gasteiger partial charge is 0.289 e. The molecule has 2 heterocycles. The van der Waals surface area contributed by atoms with Gasteiger partial charge in [0, 0.05) is 29.5 Å². The number of hydrogen-bond donors (Lipinski definition) is 0. The van der Waals surface area contributed by atoms with E-state index in [9.17, 15) is 24.5 Å². The first kappa shape index (κ1) is 17.2. The number of hydrogen-bond acceptors (Lipinski definition) is 6. The van der Waals surface area contributed by atoms with Crippen LogP contribution >= 0.6 is 0 Å². The van der Waals surface area contributed by atoms with E-state index in [-0.39, 0.29) is 33.8 Å². The van der Waals surface area contributed by atoms with E-state index >= 15 is 0 Å². The summed E-state index contributed by atoms with van der Waals surface area (Å²) in [5.41, 5.74) is 0.622. The fourth-order valence-electron chi connectivity index (χ4n) is 2.98. The average molecular weight is 373 g/mol. The summed E-state index contributed by atoms with van der Waals surface area (Å²) in [6, 6.07) is 14.3. The molecule has 8 nitrogen and oxygen atoms in total. The fraction of sp³-hybridized carbons (Fsp3) is 0. The molecule has 2 aromatic carbocycles. The maximum Gasteiger partial charge on any atom is 0.269 e. The lowest BCUT2D eigenvalue weighted by Crippen LogP contribution is -2.30. The van der Waals surface area contributed by atoms with E-state index in [0.717, 1.165) is 4.90 Å².